The Hall–Kier alpha value is -1.61. The van der Waals surface area contributed by atoms with Crippen molar-refractivity contribution in [3.8, 4) is 11.3 Å². The molecule has 1 aromatic carbocycles. The number of benzene rings is 1. The highest BCUT2D eigenvalue weighted by Gasteiger charge is 2.19. The minimum Gasteiger partial charge on any atom is -0.312 e. The molecule has 0 saturated carbocycles. The number of nitrogens with zero attached hydrogens (tertiary/aromatic N) is 2. The second-order valence-electron chi connectivity index (χ2n) is 4.19. The van der Waals surface area contributed by atoms with Crippen LogP contribution in [0.5, 0.6) is 0 Å². The van der Waals surface area contributed by atoms with Gasteiger partial charge in [0.05, 0.1) is 11.4 Å². The molecule has 3 nitrogen and oxygen atoms in total. The lowest BCUT2D eigenvalue weighted by molar-refractivity contribution is 0.633. The summed E-state index contributed by atoms with van der Waals surface area (Å²) in [4.78, 5) is 0. The Morgan fingerprint density at radius 2 is 2.06 bits per heavy atom. The molecule has 82 valence electrons. The molecule has 0 radical (unpaired) electrons. The van der Waals surface area contributed by atoms with Gasteiger partial charge in [-0.2, -0.15) is 5.10 Å². The second kappa shape index (κ2) is 3.76. The fourth-order valence-corrected chi connectivity index (χ4v) is 2.39. The number of fused-ring (bicyclic) bond motifs is 1. The van der Waals surface area contributed by atoms with Crippen LogP contribution in [0.2, 0.25) is 0 Å². The van der Waals surface area contributed by atoms with Gasteiger partial charge in [0, 0.05) is 37.7 Å². The molecule has 0 saturated heterocycles. The molecule has 0 amide bonds. The van der Waals surface area contributed by atoms with Gasteiger partial charge in [-0.15, -0.1) is 0 Å². The zero-order valence-corrected chi connectivity index (χ0v) is 9.40. The molecule has 0 unspecified atom stereocenters. The molecule has 1 aromatic heterocycles. The summed E-state index contributed by atoms with van der Waals surface area (Å²) in [5, 5.41) is 8.02. The van der Waals surface area contributed by atoms with E-state index in [9.17, 15) is 0 Å². The van der Waals surface area contributed by atoms with E-state index in [0.29, 0.717) is 0 Å². The zero-order chi connectivity index (χ0) is 11.0. The minimum atomic E-state index is 0.938. The van der Waals surface area contributed by atoms with E-state index in [0.717, 1.165) is 19.5 Å². The van der Waals surface area contributed by atoms with Crippen molar-refractivity contribution in [3.05, 3.63) is 41.6 Å². The van der Waals surface area contributed by atoms with Crippen LogP contribution >= 0.6 is 0 Å². The molecule has 0 atom stereocenters. The summed E-state index contributed by atoms with van der Waals surface area (Å²) in [5.74, 6) is 0. The summed E-state index contributed by atoms with van der Waals surface area (Å²) in [6, 6.07) is 10.5. The van der Waals surface area contributed by atoms with E-state index in [1.54, 1.807) is 0 Å². The first-order valence-corrected chi connectivity index (χ1v) is 5.67. The van der Waals surface area contributed by atoms with E-state index in [1.807, 2.05) is 17.8 Å². The largest absolute Gasteiger partial charge is 0.312 e. The van der Waals surface area contributed by atoms with Gasteiger partial charge in [-0.05, 0) is 0 Å². The Balaban J connectivity index is 2.17. The number of rotatable bonds is 1. The fraction of sp³-hybridized carbons (Fsp3) is 0.308. The molecule has 0 spiro atoms. The van der Waals surface area contributed by atoms with Crippen LogP contribution < -0.4 is 5.32 Å². The highest BCUT2D eigenvalue weighted by Crippen LogP contribution is 2.27. The third kappa shape index (κ3) is 1.44. The first kappa shape index (κ1) is 9.60. The van der Waals surface area contributed by atoms with Gasteiger partial charge < -0.3 is 5.32 Å². The minimum absolute atomic E-state index is 0.938. The Labute approximate surface area is 95.1 Å². The number of hydrogen-bond acceptors (Lipinski definition) is 2. The average Bonchev–Trinajstić information content (AvgIpc) is 2.66. The monoisotopic (exact) mass is 213 g/mol. The Morgan fingerprint density at radius 1 is 1.25 bits per heavy atom. The third-order valence-corrected chi connectivity index (χ3v) is 3.12. The van der Waals surface area contributed by atoms with Crippen molar-refractivity contribution >= 4 is 0 Å². The summed E-state index contributed by atoms with van der Waals surface area (Å²) in [6.45, 7) is 1.98. The Morgan fingerprint density at radius 3 is 2.88 bits per heavy atom. The lowest BCUT2D eigenvalue weighted by atomic mass is 10.0. The van der Waals surface area contributed by atoms with Gasteiger partial charge in [-0.3, -0.25) is 4.68 Å². The average molecular weight is 213 g/mol. The molecule has 3 heteroatoms. The van der Waals surface area contributed by atoms with E-state index < -0.39 is 0 Å². The Bertz CT molecular complexity index is 499. The molecule has 0 aliphatic carbocycles. The topological polar surface area (TPSA) is 29.9 Å². The molecule has 16 heavy (non-hydrogen) atoms. The number of hydrogen-bond donors (Lipinski definition) is 1. The fourth-order valence-electron chi connectivity index (χ4n) is 2.39. The Kier molecular flexibility index (Phi) is 2.26. The molecule has 2 heterocycles. The molecule has 2 aromatic rings. The predicted octanol–water partition coefficient (Wildman–Crippen LogP) is 1.73. The van der Waals surface area contributed by atoms with Crippen LogP contribution in [0.25, 0.3) is 11.3 Å². The predicted molar refractivity (Wildman–Crippen MR) is 64.1 cm³/mol. The molecule has 1 N–H and O–H groups in total. The van der Waals surface area contributed by atoms with Crippen LogP contribution in [0.3, 0.4) is 0 Å². The number of aryl methyl sites for hydroxylation is 1. The van der Waals surface area contributed by atoms with Crippen LogP contribution in [0, 0.1) is 0 Å². The van der Waals surface area contributed by atoms with Crippen LogP contribution in [0.15, 0.2) is 30.3 Å². The maximum absolute atomic E-state index is 4.60. The van der Waals surface area contributed by atoms with Crippen molar-refractivity contribution in [2.45, 2.75) is 13.0 Å². The molecular formula is C13H15N3. The molecule has 0 fully saturated rings. The lowest BCUT2D eigenvalue weighted by Crippen LogP contribution is -2.23. The first-order valence-electron chi connectivity index (χ1n) is 5.67. The zero-order valence-electron chi connectivity index (χ0n) is 9.40. The van der Waals surface area contributed by atoms with Crippen molar-refractivity contribution in [2.24, 2.45) is 7.05 Å². The van der Waals surface area contributed by atoms with Gasteiger partial charge in [-0.1, -0.05) is 30.3 Å². The smallest absolute Gasteiger partial charge is 0.0726 e. The van der Waals surface area contributed by atoms with E-state index in [4.69, 9.17) is 0 Å². The summed E-state index contributed by atoms with van der Waals surface area (Å²) < 4.78 is 2.01. The molecule has 0 bridgehead atoms. The molecule has 1 aliphatic rings. The standard InChI is InChI=1S/C13H15N3/c1-16-13(10-5-3-2-4-6-10)11-9-14-8-7-12(11)15-16/h2-6,14H,7-9H2,1H3. The van der Waals surface area contributed by atoms with Crippen molar-refractivity contribution in [1.29, 1.82) is 0 Å². The highest BCUT2D eigenvalue weighted by atomic mass is 15.3. The van der Waals surface area contributed by atoms with Gasteiger partial charge >= 0.3 is 0 Å². The van der Waals surface area contributed by atoms with Crippen LogP contribution in [-0.2, 0) is 20.0 Å². The third-order valence-electron chi connectivity index (χ3n) is 3.12. The van der Waals surface area contributed by atoms with E-state index in [2.05, 4.69) is 34.7 Å². The van der Waals surface area contributed by atoms with Crippen molar-refractivity contribution in [1.82, 2.24) is 15.1 Å². The number of nitrogens with one attached hydrogen (secondary N) is 1. The first-order chi connectivity index (χ1) is 7.86. The lowest BCUT2D eigenvalue weighted by Gasteiger charge is -2.13. The molecule has 1 aliphatic heterocycles. The SMILES string of the molecule is Cn1nc2c(c1-c1ccccc1)CNCC2. The van der Waals surface area contributed by atoms with Crippen LogP contribution in [0.4, 0.5) is 0 Å². The second-order valence-corrected chi connectivity index (χ2v) is 4.19. The van der Waals surface area contributed by atoms with Gasteiger partial charge in [0.25, 0.3) is 0 Å². The highest BCUT2D eigenvalue weighted by molar-refractivity contribution is 5.64. The van der Waals surface area contributed by atoms with E-state index in [-0.39, 0.29) is 0 Å². The quantitative estimate of drug-likeness (QED) is 0.782. The maximum Gasteiger partial charge on any atom is 0.0726 e. The van der Waals surface area contributed by atoms with Crippen LogP contribution in [-0.4, -0.2) is 16.3 Å². The molecular weight excluding hydrogens is 198 g/mol. The maximum atomic E-state index is 4.60. The molecule has 3 rings (SSSR count). The van der Waals surface area contributed by atoms with Crippen LogP contribution in [0.1, 0.15) is 11.3 Å². The van der Waals surface area contributed by atoms with Gasteiger partial charge in [0.2, 0.25) is 0 Å². The summed E-state index contributed by atoms with van der Waals surface area (Å²) in [6.07, 6.45) is 1.04. The van der Waals surface area contributed by atoms with Crippen molar-refractivity contribution < 1.29 is 0 Å². The summed E-state index contributed by atoms with van der Waals surface area (Å²) >= 11 is 0. The van der Waals surface area contributed by atoms with E-state index >= 15 is 0 Å². The summed E-state index contributed by atoms with van der Waals surface area (Å²) in [7, 11) is 2.03. The van der Waals surface area contributed by atoms with Gasteiger partial charge in [0.15, 0.2) is 0 Å². The number of aromatic nitrogens is 2. The van der Waals surface area contributed by atoms with Gasteiger partial charge in [0.1, 0.15) is 0 Å². The van der Waals surface area contributed by atoms with Gasteiger partial charge in [-0.25, -0.2) is 0 Å². The van der Waals surface area contributed by atoms with E-state index in [1.165, 1.54) is 22.5 Å². The van der Waals surface area contributed by atoms with Crippen molar-refractivity contribution in [3.63, 3.8) is 0 Å². The summed E-state index contributed by atoms with van der Waals surface area (Å²) in [5.41, 5.74) is 5.12. The normalized spacial score (nSPS) is 14.8. The van der Waals surface area contributed by atoms with Crippen molar-refractivity contribution in [2.75, 3.05) is 6.54 Å².